The molecule has 1 aliphatic rings. The molecule has 1 aliphatic carbocycles. The molecular weight excluding hydrogens is 214 g/mol. The van der Waals surface area contributed by atoms with Crippen LogP contribution in [0.5, 0.6) is 0 Å². The average molecular weight is 233 g/mol. The molecular formula is C14H19NO2. The van der Waals surface area contributed by atoms with Crippen molar-refractivity contribution in [3.05, 3.63) is 34.9 Å². The minimum absolute atomic E-state index is 0.217. The highest BCUT2D eigenvalue weighted by Gasteiger charge is 2.13. The van der Waals surface area contributed by atoms with Crippen LogP contribution < -0.4 is 5.32 Å². The Bertz CT molecular complexity index is 415. The van der Waals surface area contributed by atoms with Gasteiger partial charge in [0.15, 0.2) is 0 Å². The third-order valence-corrected chi connectivity index (χ3v) is 3.33. The number of nitrogens with one attached hydrogen (secondary N) is 1. The van der Waals surface area contributed by atoms with Crippen LogP contribution in [-0.4, -0.2) is 19.1 Å². The molecule has 0 aliphatic heterocycles. The van der Waals surface area contributed by atoms with E-state index in [1.807, 2.05) is 6.92 Å². The summed E-state index contributed by atoms with van der Waals surface area (Å²) < 4.78 is 4.67. The van der Waals surface area contributed by atoms with Crippen molar-refractivity contribution >= 4 is 5.97 Å². The molecule has 92 valence electrons. The van der Waals surface area contributed by atoms with Crippen LogP contribution >= 0.6 is 0 Å². The molecule has 3 nitrogen and oxygen atoms in total. The number of aryl methyl sites for hydroxylation is 2. The minimum atomic E-state index is -0.256. The first kappa shape index (κ1) is 12.1. The SMILES string of the molecule is COC(=O)C(C)NCc1ccc2c(c1)CCC2. The summed E-state index contributed by atoms with van der Waals surface area (Å²) in [4.78, 5) is 11.2. The Kier molecular flexibility index (Phi) is 3.79. The Morgan fingerprint density at radius 2 is 2.18 bits per heavy atom. The Balaban J connectivity index is 1.93. The van der Waals surface area contributed by atoms with Gasteiger partial charge in [-0.05, 0) is 42.9 Å². The van der Waals surface area contributed by atoms with Crippen molar-refractivity contribution in [2.24, 2.45) is 0 Å². The molecule has 3 heteroatoms. The van der Waals surface area contributed by atoms with E-state index in [-0.39, 0.29) is 12.0 Å². The quantitative estimate of drug-likeness (QED) is 0.806. The summed E-state index contributed by atoms with van der Waals surface area (Å²) in [6.45, 7) is 2.53. The van der Waals surface area contributed by atoms with E-state index in [1.54, 1.807) is 0 Å². The fraction of sp³-hybridized carbons (Fsp3) is 0.500. The van der Waals surface area contributed by atoms with Crippen LogP contribution in [0.1, 0.15) is 30.0 Å². The molecule has 0 spiro atoms. The molecule has 0 bridgehead atoms. The third-order valence-electron chi connectivity index (χ3n) is 3.33. The summed E-state index contributed by atoms with van der Waals surface area (Å²) in [5.74, 6) is -0.217. The molecule has 2 rings (SSSR count). The predicted octanol–water partition coefficient (Wildman–Crippen LogP) is 1.83. The van der Waals surface area contributed by atoms with Crippen molar-refractivity contribution in [1.29, 1.82) is 0 Å². The van der Waals surface area contributed by atoms with Gasteiger partial charge in [0.05, 0.1) is 7.11 Å². The first-order valence-electron chi connectivity index (χ1n) is 6.12. The summed E-state index contributed by atoms with van der Waals surface area (Å²) in [5, 5.41) is 3.17. The number of hydrogen-bond acceptors (Lipinski definition) is 3. The van der Waals surface area contributed by atoms with Crippen LogP contribution in [0.3, 0.4) is 0 Å². The molecule has 0 saturated carbocycles. The molecule has 17 heavy (non-hydrogen) atoms. The Labute approximate surface area is 102 Å². The van der Waals surface area contributed by atoms with Crippen LogP contribution in [0.2, 0.25) is 0 Å². The van der Waals surface area contributed by atoms with E-state index < -0.39 is 0 Å². The van der Waals surface area contributed by atoms with Crippen LogP contribution in [0.15, 0.2) is 18.2 Å². The molecule has 1 aromatic carbocycles. The number of esters is 1. The lowest BCUT2D eigenvalue weighted by Crippen LogP contribution is -2.34. The second-order valence-corrected chi connectivity index (χ2v) is 4.58. The van der Waals surface area contributed by atoms with Crippen molar-refractivity contribution in [2.75, 3.05) is 7.11 Å². The minimum Gasteiger partial charge on any atom is -0.468 e. The van der Waals surface area contributed by atoms with Gasteiger partial charge in [-0.15, -0.1) is 0 Å². The Morgan fingerprint density at radius 1 is 1.41 bits per heavy atom. The van der Waals surface area contributed by atoms with Gasteiger partial charge in [-0.25, -0.2) is 0 Å². The van der Waals surface area contributed by atoms with Gasteiger partial charge in [0.2, 0.25) is 0 Å². The number of carbonyl (C=O) groups excluding carboxylic acids is 1. The molecule has 1 aromatic rings. The highest BCUT2D eigenvalue weighted by Crippen LogP contribution is 2.22. The molecule has 0 radical (unpaired) electrons. The number of methoxy groups -OCH3 is 1. The first-order chi connectivity index (χ1) is 8.20. The summed E-state index contributed by atoms with van der Waals surface area (Å²) >= 11 is 0. The zero-order chi connectivity index (χ0) is 12.3. The van der Waals surface area contributed by atoms with Crippen molar-refractivity contribution in [3.8, 4) is 0 Å². The summed E-state index contributed by atoms with van der Waals surface area (Å²) in [6, 6.07) is 6.34. The number of ether oxygens (including phenoxy) is 1. The second-order valence-electron chi connectivity index (χ2n) is 4.58. The number of benzene rings is 1. The lowest BCUT2D eigenvalue weighted by Gasteiger charge is -2.12. The van der Waals surface area contributed by atoms with Crippen LogP contribution in [-0.2, 0) is 28.9 Å². The normalized spacial score (nSPS) is 15.4. The topological polar surface area (TPSA) is 38.3 Å². The molecule has 1 N–H and O–H groups in total. The fourth-order valence-electron chi connectivity index (χ4n) is 2.27. The van der Waals surface area contributed by atoms with E-state index >= 15 is 0 Å². The van der Waals surface area contributed by atoms with Crippen LogP contribution in [0.25, 0.3) is 0 Å². The van der Waals surface area contributed by atoms with Gasteiger partial charge in [0.25, 0.3) is 0 Å². The smallest absolute Gasteiger partial charge is 0.322 e. The third kappa shape index (κ3) is 2.86. The highest BCUT2D eigenvalue weighted by molar-refractivity contribution is 5.75. The zero-order valence-electron chi connectivity index (χ0n) is 10.5. The monoisotopic (exact) mass is 233 g/mol. The molecule has 0 saturated heterocycles. The second kappa shape index (κ2) is 5.32. The highest BCUT2D eigenvalue weighted by atomic mass is 16.5. The average Bonchev–Trinajstić information content (AvgIpc) is 2.82. The molecule has 1 unspecified atom stereocenters. The molecule has 0 aromatic heterocycles. The van der Waals surface area contributed by atoms with Gasteiger partial charge in [0.1, 0.15) is 6.04 Å². The van der Waals surface area contributed by atoms with E-state index in [2.05, 4.69) is 28.3 Å². The van der Waals surface area contributed by atoms with Gasteiger partial charge in [-0.1, -0.05) is 18.2 Å². The summed E-state index contributed by atoms with van der Waals surface area (Å²) in [7, 11) is 1.41. The number of carbonyl (C=O) groups is 1. The number of rotatable bonds is 4. The maximum absolute atomic E-state index is 11.2. The standard InChI is InChI=1S/C14H19NO2/c1-10(14(16)17-2)15-9-11-6-7-12-4-3-5-13(12)8-11/h6-8,10,15H,3-5,9H2,1-2H3. The van der Waals surface area contributed by atoms with E-state index in [4.69, 9.17) is 0 Å². The maximum Gasteiger partial charge on any atom is 0.322 e. The Hall–Kier alpha value is -1.35. The van der Waals surface area contributed by atoms with E-state index in [0.717, 1.165) is 0 Å². The fourth-order valence-corrected chi connectivity index (χ4v) is 2.27. The van der Waals surface area contributed by atoms with Gasteiger partial charge in [-0.2, -0.15) is 0 Å². The van der Waals surface area contributed by atoms with Gasteiger partial charge < -0.3 is 10.1 Å². The van der Waals surface area contributed by atoms with E-state index in [9.17, 15) is 4.79 Å². The van der Waals surface area contributed by atoms with Crippen molar-refractivity contribution in [2.45, 2.75) is 38.8 Å². The largest absolute Gasteiger partial charge is 0.468 e. The maximum atomic E-state index is 11.2. The van der Waals surface area contributed by atoms with Crippen molar-refractivity contribution in [3.63, 3.8) is 0 Å². The lowest BCUT2D eigenvalue weighted by atomic mass is 10.1. The molecule has 0 fully saturated rings. The lowest BCUT2D eigenvalue weighted by molar-refractivity contribution is -0.142. The van der Waals surface area contributed by atoms with E-state index in [1.165, 1.54) is 43.1 Å². The summed E-state index contributed by atoms with van der Waals surface area (Å²) in [6.07, 6.45) is 3.67. The van der Waals surface area contributed by atoms with Crippen molar-refractivity contribution < 1.29 is 9.53 Å². The molecule has 0 heterocycles. The predicted molar refractivity (Wildman–Crippen MR) is 66.8 cm³/mol. The van der Waals surface area contributed by atoms with Gasteiger partial charge in [0, 0.05) is 6.54 Å². The number of hydrogen-bond donors (Lipinski definition) is 1. The van der Waals surface area contributed by atoms with E-state index in [0.29, 0.717) is 6.54 Å². The van der Waals surface area contributed by atoms with Crippen LogP contribution in [0.4, 0.5) is 0 Å². The zero-order valence-corrected chi connectivity index (χ0v) is 10.5. The van der Waals surface area contributed by atoms with Gasteiger partial charge in [-0.3, -0.25) is 4.79 Å². The number of fused-ring (bicyclic) bond motifs is 1. The first-order valence-corrected chi connectivity index (χ1v) is 6.12. The summed E-state index contributed by atoms with van der Waals surface area (Å²) in [5.41, 5.74) is 4.19. The molecule has 0 amide bonds. The van der Waals surface area contributed by atoms with Crippen molar-refractivity contribution in [1.82, 2.24) is 5.32 Å². The Morgan fingerprint density at radius 3 is 2.94 bits per heavy atom. The van der Waals surface area contributed by atoms with Gasteiger partial charge >= 0.3 is 5.97 Å². The molecule has 1 atom stereocenters. The van der Waals surface area contributed by atoms with Crippen LogP contribution in [0, 0.1) is 0 Å².